The molecule has 1 aliphatic rings. The minimum atomic E-state index is -0.506. The number of hydrogen-bond acceptors (Lipinski definition) is 5. The number of nitrogens with zero attached hydrogens (tertiary/aromatic N) is 1. The van der Waals surface area contributed by atoms with Crippen LogP contribution in [0.2, 0.25) is 0 Å². The summed E-state index contributed by atoms with van der Waals surface area (Å²) in [5, 5.41) is 9.15. The number of amides is 1. The molecule has 1 fully saturated rings. The first kappa shape index (κ1) is 23.6. The van der Waals surface area contributed by atoms with Crippen LogP contribution in [0.1, 0.15) is 52.0 Å². The second-order valence-corrected chi connectivity index (χ2v) is 8.29. The van der Waals surface area contributed by atoms with E-state index in [9.17, 15) is 4.79 Å². The molecule has 0 aromatic heterocycles. The summed E-state index contributed by atoms with van der Waals surface area (Å²) in [5.41, 5.74) is 0.562. The van der Waals surface area contributed by atoms with E-state index in [-0.39, 0.29) is 6.10 Å². The molecular weight excluding hydrogens is 384 g/mol. The average molecular weight is 421 g/mol. The standard InChI is InChI=1S/C22H36N4O4/c1-22(2,3)30-21(27)25-13-12-24-20(23-4)26-15-16-10-11-18(28-5)19(14-16)29-17-8-6-7-9-17/h10-11,14,17H,6-9,12-13,15H2,1-5H3,(H,25,27)(H2,23,24,26). The van der Waals surface area contributed by atoms with Crippen molar-refractivity contribution in [1.82, 2.24) is 16.0 Å². The Kier molecular flexibility index (Phi) is 9.08. The van der Waals surface area contributed by atoms with Crippen LogP contribution in [0, 0.1) is 0 Å². The van der Waals surface area contributed by atoms with Gasteiger partial charge in [-0.05, 0) is 64.2 Å². The topological polar surface area (TPSA) is 93.2 Å². The zero-order valence-corrected chi connectivity index (χ0v) is 18.8. The van der Waals surface area contributed by atoms with E-state index >= 15 is 0 Å². The molecule has 3 N–H and O–H groups in total. The highest BCUT2D eigenvalue weighted by molar-refractivity contribution is 5.79. The van der Waals surface area contributed by atoms with E-state index in [0.29, 0.717) is 25.6 Å². The molecule has 0 heterocycles. The molecule has 1 amide bonds. The second-order valence-electron chi connectivity index (χ2n) is 8.29. The number of benzene rings is 1. The zero-order chi connectivity index (χ0) is 22.0. The van der Waals surface area contributed by atoms with E-state index in [1.165, 1.54) is 12.8 Å². The van der Waals surface area contributed by atoms with Crippen molar-refractivity contribution in [2.24, 2.45) is 4.99 Å². The maximum absolute atomic E-state index is 11.7. The lowest BCUT2D eigenvalue weighted by Gasteiger charge is -2.20. The van der Waals surface area contributed by atoms with Crippen LogP contribution >= 0.6 is 0 Å². The van der Waals surface area contributed by atoms with Crippen LogP contribution in [0.5, 0.6) is 11.5 Å². The Balaban J connectivity index is 1.79. The summed E-state index contributed by atoms with van der Waals surface area (Å²) in [5.74, 6) is 2.18. The Morgan fingerprint density at radius 1 is 1.10 bits per heavy atom. The van der Waals surface area contributed by atoms with Gasteiger partial charge in [0, 0.05) is 26.7 Å². The average Bonchev–Trinajstić information content (AvgIpc) is 3.19. The van der Waals surface area contributed by atoms with Crippen LogP contribution in [-0.4, -0.2) is 51.0 Å². The Morgan fingerprint density at radius 2 is 1.80 bits per heavy atom. The highest BCUT2D eigenvalue weighted by Crippen LogP contribution is 2.32. The Hall–Kier alpha value is -2.64. The normalized spacial score (nSPS) is 14.9. The first-order valence-electron chi connectivity index (χ1n) is 10.6. The van der Waals surface area contributed by atoms with Gasteiger partial charge in [0.15, 0.2) is 17.5 Å². The van der Waals surface area contributed by atoms with Crippen molar-refractivity contribution in [1.29, 1.82) is 0 Å². The number of hydrogen-bond donors (Lipinski definition) is 3. The van der Waals surface area contributed by atoms with Gasteiger partial charge in [-0.2, -0.15) is 0 Å². The molecular formula is C22H36N4O4. The van der Waals surface area contributed by atoms with Crippen LogP contribution in [0.3, 0.4) is 0 Å². The molecule has 0 bridgehead atoms. The summed E-state index contributed by atoms with van der Waals surface area (Å²) in [6, 6.07) is 5.95. The van der Waals surface area contributed by atoms with Crippen molar-refractivity contribution in [2.75, 3.05) is 27.2 Å². The third kappa shape index (κ3) is 8.39. The molecule has 0 aliphatic heterocycles. The predicted molar refractivity (Wildman–Crippen MR) is 118 cm³/mol. The van der Waals surface area contributed by atoms with Gasteiger partial charge in [0.1, 0.15) is 5.60 Å². The Morgan fingerprint density at radius 3 is 2.43 bits per heavy atom. The van der Waals surface area contributed by atoms with E-state index in [1.807, 2.05) is 39.0 Å². The fourth-order valence-corrected chi connectivity index (χ4v) is 3.17. The van der Waals surface area contributed by atoms with Gasteiger partial charge in [-0.15, -0.1) is 0 Å². The largest absolute Gasteiger partial charge is 0.493 e. The highest BCUT2D eigenvalue weighted by atomic mass is 16.6. The SMILES string of the molecule is CN=C(NCCNC(=O)OC(C)(C)C)NCc1ccc(OC)c(OC2CCCC2)c1. The lowest BCUT2D eigenvalue weighted by molar-refractivity contribution is 0.0529. The highest BCUT2D eigenvalue weighted by Gasteiger charge is 2.19. The van der Waals surface area contributed by atoms with E-state index in [2.05, 4.69) is 20.9 Å². The first-order chi connectivity index (χ1) is 14.3. The molecule has 30 heavy (non-hydrogen) atoms. The van der Waals surface area contributed by atoms with Gasteiger partial charge < -0.3 is 30.2 Å². The fourth-order valence-electron chi connectivity index (χ4n) is 3.17. The third-order valence-corrected chi connectivity index (χ3v) is 4.59. The molecule has 1 aliphatic carbocycles. The maximum atomic E-state index is 11.7. The van der Waals surface area contributed by atoms with Crippen molar-refractivity contribution < 1.29 is 19.0 Å². The Bertz CT molecular complexity index is 710. The van der Waals surface area contributed by atoms with Gasteiger partial charge >= 0.3 is 6.09 Å². The lowest BCUT2D eigenvalue weighted by Crippen LogP contribution is -2.42. The number of nitrogens with one attached hydrogen (secondary N) is 3. The monoisotopic (exact) mass is 420 g/mol. The molecule has 1 aromatic carbocycles. The molecule has 1 aromatic rings. The molecule has 168 valence electrons. The number of methoxy groups -OCH3 is 1. The number of carbonyl (C=O) groups is 1. The van der Waals surface area contributed by atoms with Gasteiger partial charge in [-0.3, -0.25) is 4.99 Å². The summed E-state index contributed by atoms with van der Waals surface area (Å²) in [6.07, 6.45) is 4.48. The van der Waals surface area contributed by atoms with Crippen LogP contribution in [-0.2, 0) is 11.3 Å². The number of aliphatic imine (C=N–C) groups is 1. The summed E-state index contributed by atoms with van der Waals surface area (Å²) in [4.78, 5) is 15.9. The molecule has 0 saturated heterocycles. The molecule has 8 nitrogen and oxygen atoms in total. The number of guanidine groups is 1. The van der Waals surface area contributed by atoms with E-state index in [1.54, 1.807) is 14.2 Å². The van der Waals surface area contributed by atoms with Crippen molar-refractivity contribution >= 4 is 12.1 Å². The molecule has 0 unspecified atom stereocenters. The summed E-state index contributed by atoms with van der Waals surface area (Å²) in [6.45, 7) is 7.04. The van der Waals surface area contributed by atoms with Crippen LogP contribution in [0.25, 0.3) is 0 Å². The second kappa shape index (κ2) is 11.5. The minimum absolute atomic E-state index is 0.272. The molecule has 8 heteroatoms. The van der Waals surface area contributed by atoms with Gasteiger partial charge in [0.25, 0.3) is 0 Å². The number of ether oxygens (including phenoxy) is 3. The van der Waals surface area contributed by atoms with Gasteiger partial charge in [-0.25, -0.2) is 4.79 Å². The van der Waals surface area contributed by atoms with Crippen molar-refractivity contribution in [3.05, 3.63) is 23.8 Å². The smallest absolute Gasteiger partial charge is 0.407 e. The number of carbonyl (C=O) groups excluding carboxylic acids is 1. The van der Waals surface area contributed by atoms with Gasteiger partial charge in [0.05, 0.1) is 13.2 Å². The Labute approximate surface area is 179 Å². The third-order valence-electron chi connectivity index (χ3n) is 4.59. The molecule has 1 saturated carbocycles. The first-order valence-corrected chi connectivity index (χ1v) is 10.6. The van der Waals surface area contributed by atoms with Crippen molar-refractivity contribution in [3.8, 4) is 11.5 Å². The van der Waals surface area contributed by atoms with Gasteiger partial charge in [-0.1, -0.05) is 6.07 Å². The van der Waals surface area contributed by atoms with Crippen LogP contribution in [0.15, 0.2) is 23.2 Å². The number of alkyl carbamates (subject to hydrolysis) is 1. The lowest BCUT2D eigenvalue weighted by atomic mass is 10.2. The fraction of sp³-hybridized carbons (Fsp3) is 0.636. The van der Waals surface area contributed by atoms with E-state index in [0.717, 1.165) is 29.9 Å². The predicted octanol–water partition coefficient (Wildman–Crippen LogP) is 3.21. The van der Waals surface area contributed by atoms with Crippen LogP contribution in [0.4, 0.5) is 4.79 Å². The van der Waals surface area contributed by atoms with Gasteiger partial charge in [0.2, 0.25) is 0 Å². The molecule has 0 radical (unpaired) electrons. The molecule has 0 atom stereocenters. The minimum Gasteiger partial charge on any atom is -0.493 e. The van der Waals surface area contributed by atoms with Crippen molar-refractivity contribution in [3.63, 3.8) is 0 Å². The zero-order valence-electron chi connectivity index (χ0n) is 18.8. The quantitative estimate of drug-likeness (QED) is 0.340. The maximum Gasteiger partial charge on any atom is 0.407 e. The van der Waals surface area contributed by atoms with Crippen LogP contribution < -0.4 is 25.4 Å². The number of rotatable bonds is 8. The summed E-state index contributed by atoms with van der Waals surface area (Å²) < 4.78 is 16.8. The molecule has 0 spiro atoms. The van der Waals surface area contributed by atoms with E-state index in [4.69, 9.17) is 14.2 Å². The summed E-state index contributed by atoms with van der Waals surface area (Å²) in [7, 11) is 3.37. The van der Waals surface area contributed by atoms with Crippen molar-refractivity contribution in [2.45, 2.75) is 64.7 Å². The van der Waals surface area contributed by atoms with E-state index < -0.39 is 11.7 Å². The summed E-state index contributed by atoms with van der Waals surface area (Å²) >= 11 is 0. The molecule has 2 rings (SSSR count).